The lowest BCUT2D eigenvalue weighted by molar-refractivity contribution is -0.118. The van der Waals surface area contributed by atoms with Crippen LogP contribution in [0.25, 0.3) is 11.0 Å². The first-order valence-corrected chi connectivity index (χ1v) is 11.0. The van der Waals surface area contributed by atoms with Crippen molar-refractivity contribution < 1.29 is 23.9 Å². The standard InChI is InChI=1S/C25H20N6O5/c1-13(32)15-4-2-3-5-16(15)24(34)31-18-10-26-22-21(18)28-12-29-23(22)25(35)27-9-14-6-7-19-17(8-14)30-20(33)11-36-19/h2-8,10,12,26H,9,11H2,1H3,(H,27,35)(H,30,33)(H,31,34). The van der Waals surface area contributed by atoms with Crippen LogP contribution in [-0.4, -0.2) is 45.1 Å². The third-order valence-corrected chi connectivity index (χ3v) is 5.61. The van der Waals surface area contributed by atoms with Crippen molar-refractivity contribution in [2.24, 2.45) is 0 Å². The van der Waals surface area contributed by atoms with Gasteiger partial charge in [0, 0.05) is 18.3 Å². The molecule has 11 heteroatoms. The number of amides is 3. The number of benzene rings is 2. The number of nitrogens with one attached hydrogen (secondary N) is 4. The highest BCUT2D eigenvalue weighted by molar-refractivity contribution is 6.15. The molecule has 36 heavy (non-hydrogen) atoms. The largest absolute Gasteiger partial charge is 0.482 e. The molecule has 0 fully saturated rings. The lowest BCUT2D eigenvalue weighted by atomic mass is 10.0. The van der Waals surface area contributed by atoms with E-state index in [2.05, 4.69) is 30.9 Å². The summed E-state index contributed by atoms with van der Waals surface area (Å²) < 4.78 is 5.34. The Labute approximate surface area is 204 Å². The summed E-state index contributed by atoms with van der Waals surface area (Å²) in [7, 11) is 0. The molecule has 0 unspecified atom stereocenters. The Morgan fingerprint density at radius 3 is 2.67 bits per heavy atom. The second-order valence-corrected chi connectivity index (χ2v) is 8.05. The maximum absolute atomic E-state index is 12.9. The average molecular weight is 484 g/mol. The fraction of sp³-hybridized carbons (Fsp3) is 0.120. The molecule has 2 aromatic heterocycles. The smallest absolute Gasteiger partial charge is 0.272 e. The molecule has 0 spiro atoms. The summed E-state index contributed by atoms with van der Waals surface area (Å²) in [5.41, 5.74) is 2.96. The molecule has 0 saturated heterocycles. The van der Waals surface area contributed by atoms with Gasteiger partial charge in [-0.25, -0.2) is 9.97 Å². The molecular weight excluding hydrogens is 464 g/mol. The molecule has 3 heterocycles. The highest BCUT2D eigenvalue weighted by Crippen LogP contribution is 2.28. The molecule has 0 saturated carbocycles. The van der Waals surface area contributed by atoms with E-state index in [0.717, 1.165) is 5.56 Å². The summed E-state index contributed by atoms with van der Waals surface area (Å²) in [5, 5.41) is 8.26. The summed E-state index contributed by atoms with van der Waals surface area (Å²) in [6.07, 6.45) is 2.74. The van der Waals surface area contributed by atoms with E-state index in [0.29, 0.717) is 33.7 Å². The molecule has 0 bridgehead atoms. The number of carbonyl (C=O) groups excluding carboxylic acids is 4. The number of rotatable bonds is 6. The van der Waals surface area contributed by atoms with Crippen molar-refractivity contribution >= 4 is 45.9 Å². The van der Waals surface area contributed by atoms with Gasteiger partial charge in [0.15, 0.2) is 18.1 Å². The van der Waals surface area contributed by atoms with E-state index in [1.165, 1.54) is 19.4 Å². The second kappa shape index (κ2) is 9.29. The van der Waals surface area contributed by atoms with Crippen LogP contribution in [0.3, 0.4) is 0 Å². The number of nitrogens with zero attached hydrogens (tertiary/aromatic N) is 2. The molecule has 180 valence electrons. The minimum absolute atomic E-state index is 0.0331. The topological polar surface area (TPSA) is 155 Å². The van der Waals surface area contributed by atoms with E-state index in [1.54, 1.807) is 42.5 Å². The minimum Gasteiger partial charge on any atom is -0.482 e. The summed E-state index contributed by atoms with van der Waals surface area (Å²) in [5.74, 6) is -0.841. The number of hydrogen-bond acceptors (Lipinski definition) is 7. The van der Waals surface area contributed by atoms with Gasteiger partial charge in [0.2, 0.25) is 0 Å². The number of ketones is 1. The number of ether oxygens (including phenoxy) is 1. The molecule has 4 aromatic rings. The predicted molar refractivity (Wildman–Crippen MR) is 130 cm³/mol. The third-order valence-electron chi connectivity index (χ3n) is 5.61. The van der Waals surface area contributed by atoms with Crippen LogP contribution in [0, 0.1) is 0 Å². The van der Waals surface area contributed by atoms with Crippen molar-refractivity contribution in [3.63, 3.8) is 0 Å². The number of Topliss-reactive ketones (excluding diaryl/α,β-unsaturated/α-hetero) is 1. The zero-order valence-electron chi connectivity index (χ0n) is 19.0. The lowest BCUT2D eigenvalue weighted by Gasteiger charge is -2.18. The summed E-state index contributed by atoms with van der Waals surface area (Å²) in [6.45, 7) is 1.54. The predicted octanol–water partition coefficient (Wildman–Crippen LogP) is 2.67. The van der Waals surface area contributed by atoms with E-state index in [4.69, 9.17) is 4.74 Å². The SMILES string of the molecule is CC(=O)c1ccccc1C(=O)Nc1c[nH]c2c(C(=O)NCc3ccc4c(c3)NC(=O)CO4)ncnc12. The maximum atomic E-state index is 12.9. The van der Waals surface area contributed by atoms with Gasteiger partial charge in [0.25, 0.3) is 17.7 Å². The van der Waals surface area contributed by atoms with Crippen LogP contribution >= 0.6 is 0 Å². The summed E-state index contributed by atoms with van der Waals surface area (Å²) >= 11 is 0. The molecule has 0 atom stereocenters. The lowest BCUT2D eigenvalue weighted by Crippen LogP contribution is -2.26. The number of fused-ring (bicyclic) bond motifs is 2. The van der Waals surface area contributed by atoms with Gasteiger partial charge < -0.3 is 25.7 Å². The monoisotopic (exact) mass is 484 g/mol. The Kier molecular flexibility index (Phi) is 5.87. The molecular formula is C25H20N6O5. The van der Waals surface area contributed by atoms with Crippen LogP contribution in [-0.2, 0) is 11.3 Å². The van der Waals surface area contributed by atoms with Crippen molar-refractivity contribution in [2.45, 2.75) is 13.5 Å². The van der Waals surface area contributed by atoms with E-state index in [-0.39, 0.29) is 36.1 Å². The number of hydrogen-bond donors (Lipinski definition) is 4. The molecule has 4 N–H and O–H groups in total. The molecule has 1 aliphatic rings. The van der Waals surface area contributed by atoms with Gasteiger partial charge in [0.1, 0.15) is 17.6 Å². The molecule has 3 amide bonds. The van der Waals surface area contributed by atoms with E-state index in [9.17, 15) is 19.2 Å². The summed E-state index contributed by atoms with van der Waals surface area (Å²) in [6, 6.07) is 11.7. The molecule has 0 aliphatic carbocycles. The third kappa shape index (κ3) is 4.37. The molecule has 11 nitrogen and oxygen atoms in total. The Bertz CT molecular complexity index is 1540. The first kappa shape index (κ1) is 22.7. The van der Waals surface area contributed by atoms with Crippen LogP contribution < -0.4 is 20.7 Å². The Hall–Kier alpha value is -5.06. The first-order valence-electron chi connectivity index (χ1n) is 11.0. The molecule has 0 radical (unpaired) electrons. The average Bonchev–Trinajstić information content (AvgIpc) is 3.29. The van der Waals surface area contributed by atoms with Gasteiger partial charge in [0.05, 0.1) is 22.5 Å². The maximum Gasteiger partial charge on any atom is 0.272 e. The van der Waals surface area contributed by atoms with Crippen molar-refractivity contribution in [3.8, 4) is 5.75 Å². The summed E-state index contributed by atoms with van der Waals surface area (Å²) in [4.78, 5) is 60.4. The van der Waals surface area contributed by atoms with Gasteiger partial charge in [-0.1, -0.05) is 24.3 Å². The van der Waals surface area contributed by atoms with Crippen molar-refractivity contribution in [3.05, 3.63) is 77.4 Å². The normalized spacial score (nSPS) is 12.3. The Balaban J connectivity index is 1.33. The van der Waals surface area contributed by atoms with Crippen molar-refractivity contribution in [1.82, 2.24) is 20.3 Å². The van der Waals surface area contributed by atoms with Gasteiger partial charge in [-0.05, 0) is 30.7 Å². The molecule has 2 aromatic carbocycles. The van der Waals surface area contributed by atoms with Gasteiger partial charge in [-0.2, -0.15) is 0 Å². The number of aromatic nitrogens is 3. The van der Waals surface area contributed by atoms with Gasteiger partial charge >= 0.3 is 0 Å². The van der Waals surface area contributed by atoms with Crippen molar-refractivity contribution in [2.75, 3.05) is 17.2 Å². The van der Waals surface area contributed by atoms with Gasteiger partial charge in [-0.15, -0.1) is 0 Å². The fourth-order valence-corrected chi connectivity index (χ4v) is 3.89. The van der Waals surface area contributed by atoms with Crippen LogP contribution in [0.1, 0.15) is 43.7 Å². The number of carbonyl (C=O) groups is 4. The minimum atomic E-state index is -0.477. The van der Waals surface area contributed by atoms with Crippen LogP contribution in [0.15, 0.2) is 55.0 Å². The quantitative estimate of drug-likeness (QED) is 0.307. The number of anilines is 2. The zero-order valence-corrected chi connectivity index (χ0v) is 19.0. The van der Waals surface area contributed by atoms with E-state index < -0.39 is 11.8 Å². The van der Waals surface area contributed by atoms with Crippen molar-refractivity contribution in [1.29, 1.82) is 0 Å². The Morgan fingerprint density at radius 1 is 1.06 bits per heavy atom. The van der Waals surface area contributed by atoms with Gasteiger partial charge in [-0.3, -0.25) is 19.2 Å². The number of H-pyrrole nitrogens is 1. The number of aromatic amines is 1. The fourth-order valence-electron chi connectivity index (χ4n) is 3.89. The Morgan fingerprint density at radius 2 is 1.86 bits per heavy atom. The van der Waals surface area contributed by atoms with Crippen LogP contribution in [0.4, 0.5) is 11.4 Å². The first-order chi connectivity index (χ1) is 17.4. The molecule has 5 rings (SSSR count). The van der Waals surface area contributed by atoms with Crippen LogP contribution in [0.2, 0.25) is 0 Å². The highest BCUT2D eigenvalue weighted by Gasteiger charge is 2.20. The second-order valence-electron chi connectivity index (χ2n) is 8.05. The van der Waals surface area contributed by atoms with Crippen LogP contribution in [0.5, 0.6) is 5.75 Å². The highest BCUT2D eigenvalue weighted by atomic mass is 16.5. The molecule has 1 aliphatic heterocycles. The zero-order chi connectivity index (χ0) is 25.2. The van der Waals surface area contributed by atoms with E-state index >= 15 is 0 Å². The van der Waals surface area contributed by atoms with E-state index in [1.807, 2.05) is 0 Å².